The van der Waals surface area contributed by atoms with Gasteiger partial charge in [-0.2, -0.15) is 0 Å². The van der Waals surface area contributed by atoms with E-state index in [-0.39, 0.29) is 45.2 Å². The Morgan fingerprint density at radius 2 is 0.750 bits per heavy atom. The van der Waals surface area contributed by atoms with Gasteiger partial charge < -0.3 is 63.2 Å². The Morgan fingerprint density at radius 3 is 1.04 bits per heavy atom. The minimum Gasteiger partial charge on any atom is -0.467 e. The summed E-state index contributed by atoms with van der Waals surface area (Å²) in [4.78, 5) is 115. The van der Waals surface area contributed by atoms with Crippen molar-refractivity contribution in [1.82, 2.24) is 68.3 Å². The smallest absolute Gasteiger partial charge is 0.331 e. The van der Waals surface area contributed by atoms with Crippen molar-refractivity contribution in [1.29, 1.82) is 0 Å². The second-order valence-electron chi connectivity index (χ2n) is 19.1. The lowest BCUT2D eigenvalue weighted by Crippen LogP contribution is -2.69. The molecule has 0 spiro atoms. The Bertz CT molecular complexity index is 1710. The van der Waals surface area contributed by atoms with Crippen LogP contribution in [-0.4, -0.2) is 196 Å². The number of amides is 7. The monoisotopic (exact) mass is 966 g/mol. The normalized spacial score (nSPS) is 20.9. The van der Waals surface area contributed by atoms with Crippen LogP contribution < -0.4 is 58.5 Å². The molecule has 0 saturated carbocycles. The summed E-state index contributed by atoms with van der Waals surface area (Å²) in [7, 11) is 1.23. The lowest BCUT2D eigenvalue weighted by atomic mass is 9.91. The van der Waals surface area contributed by atoms with Gasteiger partial charge in [0.05, 0.1) is 7.11 Å². The van der Waals surface area contributed by atoms with Gasteiger partial charge >= 0.3 is 5.97 Å². The maximum Gasteiger partial charge on any atom is 0.331 e. The number of nitrogens with zero attached hydrogens (tertiary/aromatic N) is 2. The van der Waals surface area contributed by atoms with E-state index in [1.807, 2.05) is 9.80 Å². The number of ether oxygens (including phenoxy) is 1. The highest BCUT2D eigenvalue weighted by Crippen LogP contribution is 2.20. The van der Waals surface area contributed by atoms with E-state index in [4.69, 9.17) is 4.74 Å². The molecule has 7 amide bonds. The molecule has 0 unspecified atom stereocenters. The number of rotatable bonds is 23. The lowest BCUT2D eigenvalue weighted by molar-refractivity contribution is -0.151. The molecular weight excluding hydrogens is 879 g/mol. The minimum atomic E-state index is -1.61. The molecule has 2 fully saturated rings. The van der Waals surface area contributed by atoms with Crippen molar-refractivity contribution in [2.24, 2.45) is 0 Å². The summed E-state index contributed by atoms with van der Waals surface area (Å²) in [6.07, 6.45) is 0.778. The van der Waals surface area contributed by atoms with Crippen LogP contribution in [0.1, 0.15) is 108 Å². The van der Waals surface area contributed by atoms with Gasteiger partial charge in [-0.25, -0.2) is 4.79 Å². The fourth-order valence-electron chi connectivity index (χ4n) is 7.55. The topological polar surface area (TPSA) is 285 Å². The number of nitrogens with one attached hydrogen (secondary N) is 11. The van der Waals surface area contributed by atoms with Gasteiger partial charge in [-0.1, -0.05) is 34.6 Å². The van der Waals surface area contributed by atoms with Gasteiger partial charge in [-0.3, -0.25) is 43.4 Å². The van der Waals surface area contributed by atoms with E-state index in [1.165, 1.54) is 27.9 Å². The van der Waals surface area contributed by atoms with Crippen LogP contribution >= 0.6 is 0 Å². The molecule has 22 heteroatoms. The van der Waals surface area contributed by atoms with Crippen LogP contribution in [0.3, 0.4) is 0 Å². The maximum atomic E-state index is 14.6. The lowest BCUT2D eigenvalue weighted by Gasteiger charge is -2.38. The third-order valence-electron chi connectivity index (χ3n) is 13.7. The first kappa shape index (κ1) is 59.6. The van der Waals surface area contributed by atoms with Gasteiger partial charge in [-0.15, -0.1) is 0 Å². The molecule has 2 heterocycles. The highest BCUT2D eigenvalue weighted by molar-refractivity contribution is 6.01. The van der Waals surface area contributed by atoms with Crippen molar-refractivity contribution in [3.05, 3.63) is 0 Å². The van der Waals surface area contributed by atoms with E-state index >= 15 is 0 Å². The maximum absolute atomic E-state index is 14.6. The first-order valence-electron chi connectivity index (χ1n) is 24.5. The van der Waals surface area contributed by atoms with E-state index in [0.717, 1.165) is 26.2 Å². The molecule has 22 nitrogen and oxygen atoms in total. The Morgan fingerprint density at radius 1 is 0.456 bits per heavy atom. The van der Waals surface area contributed by atoms with Crippen molar-refractivity contribution in [2.75, 3.05) is 98.7 Å². The molecule has 2 rings (SSSR count). The summed E-state index contributed by atoms with van der Waals surface area (Å²) in [5.41, 5.74) is -7.40. The number of hydrogen-bond acceptors (Lipinski definition) is 15. The van der Waals surface area contributed by atoms with Gasteiger partial charge in [0.2, 0.25) is 41.4 Å². The third kappa shape index (κ3) is 17.5. The van der Waals surface area contributed by atoms with Crippen LogP contribution in [0.15, 0.2) is 0 Å². The Balaban J connectivity index is 2.47. The molecule has 0 radical (unpaired) electrons. The summed E-state index contributed by atoms with van der Waals surface area (Å²) in [6.45, 7) is 25.7. The largest absolute Gasteiger partial charge is 0.467 e. The number of esters is 1. The Hall–Kier alpha value is -4.48. The zero-order chi connectivity index (χ0) is 51.3. The summed E-state index contributed by atoms with van der Waals surface area (Å²) in [5.74, 6) is -4.88. The average molecular weight is 966 g/mol. The van der Waals surface area contributed by atoms with E-state index in [9.17, 15) is 38.4 Å². The molecule has 68 heavy (non-hydrogen) atoms. The third-order valence-corrected chi connectivity index (χ3v) is 13.7. The van der Waals surface area contributed by atoms with Crippen molar-refractivity contribution in [3.63, 3.8) is 0 Å². The van der Waals surface area contributed by atoms with E-state index in [0.29, 0.717) is 52.4 Å². The summed E-state index contributed by atoms with van der Waals surface area (Å²) >= 11 is 0. The quantitative estimate of drug-likeness (QED) is 0.0475. The number of carbonyl (C=O) groups is 8. The highest BCUT2D eigenvalue weighted by atomic mass is 16.5. The van der Waals surface area contributed by atoms with Crippen molar-refractivity contribution in [3.8, 4) is 0 Å². The van der Waals surface area contributed by atoms with Crippen molar-refractivity contribution in [2.45, 2.75) is 148 Å². The predicted octanol–water partition coefficient (Wildman–Crippen LogP) is -2.44. The summed E-state index contributed by atoms with van der Waals surface area (Å²) in [5, 5.41) is 33.2. The summed E-state index contributed by atoms with van der Waals surface area (Å²) in [6, 6.07) is -2.36. The molecular formula is C46H87N13O9. The Labute approximate surface area is 404 Å². The van der Waals surface area contributed by atoms with Crippen molar-refractivity contribution >= 4 is 47.3 Å². The van der Waals surface area contributed by atoms with E-state index < -0.39 is 87.1 Å². The molecule has 0 aromatic carbocycles. The molecule has 2 saturated heterocycles. The van der Waals surface area contributed by atoms with Crippen LogP contribution in [0, 0.1) is 0 Å². The second kappa shape index (κ2) is 27.6. The predicted molar refractivity (Wildman–Crippen MR) is 260 cm³/mol. The zero-order valence-corrected chi connectivity index (χ0v) is 43.2. The summed E-state index contributed by atoms with van der Waals surface area (Å²) < 4.78 is 4.95. The van der Waals surface area contributed by atoms with Crippen LogP contribution in [0.5, 0.6) is 0 Å². The van der Waals surface area contributed by atoms with Gasteiger partial charge in [-0.05, 0) is 66.7 Å². The first-order chi connectivity index (χ1) is 31.9. The average Bonchev–Trinajstić information content (AvgIpc) is 3.53. The zero-order valence-electron chi connectivity index (χ0n) is 43.2. The number of carbonyl (C=O) groups excluding carboxylic acids is 8. The van der Waals surface area contributed by atoms with Gasteiger partial charge in [0, 0.05) is 98.6 Å². The van der Waals surface area contributed by atoms with Gasteiger partial charge in [0.25, 0.3) is 0 Å². The molecule has 7 atom stereocenters. The SMILES string of the molecule is CC[C@](C)(NC(C)=O)C(=O)N[C@@H](CN1CCNCCNCC1)C(=O)N[C@@](C)(CC)C(=O)N[C@@](C)(CC)C(=O)N[C@@H](CN1CCNCCNCC1)C(=O)N[C@@](C)(CC)C(=O)N[C@@](C)(CC)C(=O)OC. The van der Waals surface area contributed by atoms with E-state index in [1.54, 1.807) is 55.4 Å². The second-order valence-corrected chi connectivity index (χ2v) is 19.1. The molecule has 0 bridgehead atoms. The molecule has 2 aliphatic rings. The van der Waals surface area contributed by atoms with Crippen LogP contribution in [0.4, 0.5) is 0 Å². The standard InChI is InChI=1S/C46H87N13O9/c1-13-42(7,53-32(6)60)37(63)51-33(30-58-26-22-47-18-19-48-23-27-58)35(61)54-44(9,15-3)39(65)56-43(8,14-2)38(64)52-34(31-59-28-24-49-20-21-50-25-29-59)36(62)55-45(10,16-4)40(66)57-46(11,17-5)41(67)68-12/h33-34,47-50H,13-31H2,1-12H3,(H,51,63)(H,52,64)(H,53,60)(H,54,61)(H,55,62)(H,56,65)(H,57,66)/t33-,34-,42-,43-,44-,45-,46-/m0/s1. The fraction of sp³-hybridized carbons (Fsp3) is 0.826. The van der Waals surface area contributed by atoms with E-state index in [2.05, 4.69) is 58.5 Å². The molecule has 0 aromatic heterocycles. The molecule has 0 aromatic rings. The fourth-order valence-corrected chi connectivity index (χ4v) is 7.55. The molecule has 11 N–H and O–H groups in total. The molecule has 2 aliphatic heterocycles. The number of methoxy groups -OCH3 is 1. The van der Waals surface area contributed by atoms with Crippen LogP contribution in [0.2, 0.25) is 0 Å². The minimum absolute atomic E-state index is 0.0585. The number of hydrogen-bond donors (Lipinski definition) is 11. The molecule has 0 aliphatic carbocycles. The van der Waals surface area contributed by atoms with Gasteiger partial charge in [0.1, 0.15) is 39.8 Å². The van der Waals surface area contributed by atoms with Crippen molar-refractivity contribution < 1.29 is 43.1 Å². The van der Waals surface area contributed by atoms with Gasteiger partial charge in [0.15, 0.2) is 0 Å². The van der Waals surface area contributed by atoms with Crippen LogP contribution in [0.25, 0.3) is 0 Å². The first-order valence-corrected chi connectivity index (χ1v) is 24.5. The Kier molecular flexibility index (Phi) is 24.2. The molecule has 390 valence electrons. The highest BCUT2D eigenvalue weighted by Gasteiger charge is 2.45. The van der Waals surface area contributed by atoms with Crippen LogP contribution in [-0.2, 0) is 43.1 Å².